The third-order valence-corrected chi connectivity index (χ3v) is 1.33. The Hall–Kier alpha value is -0.570. The summed E-state index contributed by atoms with van der Waals surface area (Å²) in [5.41, 5.74) is 4.98. The van der Waals surface area contributed by atoms with E-state index in [0.717, 1.165) is 6.42 Å². The highest BCUT2D eigenvalue weighted by Gasteiger charge is 2.20. The van der Waals surface area contributed by atoms with Crippen molar-refractivity contribution in [3.63, 3.8) is 0 Å². The quantitative estimate of drug-likeness (QED) is 0.501. The van der Waals surface area contributed by atoms with Crippen molar-refractivity contribution in [2.24, 2.45) is 11.7 Å². The largest absolute Gasteiger partial charge is 0.381 e. The third-order valence-electron chi connectivity index (χ3n) is 1.33. The first-order valence-electron chi connectivity index (χ1n) is 2.68. The first-order valence-corrected chi connectivity index (χ1v) is 2.68. The number of carbonyl (C=O) groups excluding carboxylic acids is 1. The van der Waals surface area contributed by atoms with Gasteiger partial charge in [0.15, 0.2) is 0 Å². The second kappa shape index (κ2) is 2.13. The van der Waals surface area contributed by atoms with Crippen molar-refractivity contribution in [1.29, 1.82) is 0 Å². The van der Waals surface area contributed by atoms with Gasteiger partial charge < -0.3 is 10.5 Å². The molecule has 3 heteroatoms. The average molecular weight is 115 g/mol. The predicted molar refractivity (Wildman–Crippen MR) is 28.1 cm³/mol. The fourth-order valence-corrected chi connectivity index (χ4v) is 0.759. The van der Waals surface area contributed by atoms with Gasteiger partial charge in [-0.3, -0.25) is 4.79 Å². The molecule has 1 saturated heterocycles. The molecule has 8 heavy (non-hydrogen) atoms. The number of ether oxygens (including phenoxy) is 1. The van der Waals surface area contributed by atoms with E-state index in [-0.39, 0.29) is 11.8 Å². The molecule has 1 fully saturated rings. The second-order valence-corrected chi connectivity index (χ2v) is 1.96. The summed E-state index contributed by atoms with van der Waals surface area (Å²) in [6.45, 7) is 1.21. The summed E-state index contributed by atoms with van der Waals surface area (Å²) in [4.78, 5) is 10.3. The Balaban J connectivity index is 2.35. The van der Waals surface area contributed by atoms with Crippen LogP contribution in [0.25, 0.3) is 0 Å². The molecule has 0 spiro atoms. The average Bonchev–Trinajstić information content (AvgIpc) is 2.12. The van der Waals surface area contributed by atoms with E-state index < -0.39 is 0 Å². The number of hydrogen-bond donors (Lipinski definition) is 1. The summed E-state index contributed by atoms with van der Waals surface area (Å²) in [7, 11) is 0. The van der Waals surface area contributed by atoms with Crippen molar-refractivity contribution in [3.05, 3.63) is 0 Å². The van der Waals surface area contributed by atoms with Crippen LogP contribution in [0.1, 0.15) is 6.42 Å². The molecule has 1 atom stereocenters. The van der Waals surface area contributed by atoms with Gasteiger partial charge in [0, 0.05) is 6.61 Å². The van der Waals surface area contributed by atoms with Gasteiger partial charge in [-0.15, -0.1) is 0 Å². The lowest BCUT2D eigenvalue weighted by Gasteiger charge is -1.96. The zero-order valence-corrected chi connectivity index (χ0v) is 4.59. The molecule has 0 aromatic heterocycles. The first-order chi connectivity index (χ1) is 3.80. The molecule has 46 valence electrons. The highest BCUT2D eigenvalue weighted by Crippen LogP contribution is 2.10. The van der Waals surface area contributed by atoms with Gasteiger partial charge in [0.1, 0.15) is 0 Å². The maximum atomic E-state index is 10.3. The van der Waals surface area contributed by atoms with Gasteiger partial charge in [-0.2, -0.15) is 0 Å². The van der Waals surface area contributed by atoms with Gasteiger partial charge in [0.25, 0.3) is 0 Å². The lowest BCUT2D eigenvalue weighted by Crippen LogP contribution is -2.22. The molecule has 0 unspecified atom stereocenters. The zero-order valence-electron chi connectivity index (χ0n) is 4.59. The van der Waals surface area contributed by atoms with Gasteiger partial charge in [-0.1, -0.05) is 0 Å². The van der Waals surface area contributed by atoms with Crippen LogP contribution in [0, 0.1) is 5.92 Å². The van der Waals surface area contributed by atoms with Crippen LogP contribution in [0.5, 0.6) is 0 Å². The molecule has 1 aliphatic rings. The van der Waals surface area contributed by atoms with Crippen molar-refractivity contribution in [2.75, 3.05) is 13.2 Å². The smallest absolute Gasteiger partial charge is 0.222 e. The lowest BCUT2D eigenvalue weighted by atomic mass is 10.1. The van der Waals surface area contributed by atoms with Crippen LogP contribution < -0.4 is 5.73 Å². The van der Waals surface area contributed by atoms with Crippen LogP contribution in [0.2, 0.25) is 0 Å². The molecule has 0 radical (unpaired) electrons. The number of nitrogens with two attached hydrogens (primary N) is 1. The monoisotopic (exact) mass is 115 g/mol. The fourth-order valence-electron chi connectivity index (χ4n) is 0.759. The molecule has 0 bridgehead atoms. The molecule has 1 aliphatic heterocycles. The Morgan fingerprint density at radius 2 is 2.50 bits per heavy atom. The lowest BCUT2D eigenvalue weighted by molar-refractivity contribution is -0.121. The number of primary amides is 1. The zero-order chi connectivity index (χ0) is 5.98. The maximum absolute atomic E-state index is 10.3. The first kappa shape index (κ1) is 5.56. The Morgan fingerprint density at radius 3 is 2.75 bits per heavy atom. The topological polar surface area (TPSA) is 52.3 Å². The van der Waals surface area contributed by atoms with E-state index in [4.69, 9.17) is 10.5 Å². The highest BCUT2D eigenvalue weighted by atomic mass is 16.5. The van der Waals surface area contributed by atoms with Crippen molar-refractivity contribution >= 4 is 5.91 Å². The van der Waals surface area contributed by atoms with Crippen LogP contribution in [0.3, 0.4) is 0 Å². The second-order valence-electron chi connectivity index (χ2n) is 1.96. The van der Waals surface area contributed by atoms with Crippen molar-refractivity contribution < 1.29 is 9.53 Å². The van der Waals surface area contributed by atoms with E-state index >= 15 is 0 Å². The van der Waals surface area contributed by atoms with Crippen molar-refractivity contribution in [2.45, 2.75) is 6.42 Å². The summed E-state index contributed by atoms with van der Waals surface area (Å²) in [5, 5.41) is 0. The summed E-state index contributed by atoms with van der Waals surface area (Å²) in [6, 6.07) is 0. The Kier molecular flexibility index (Phi) is 1.48. The molecule has 1 heterocycles. The fraction of sp³-hybridized carbons (Fsp3) is 0.800. The SMILES string of the molecule is NC(=O)[C@@H]1CCOC1. The Bertz CT molecular complexity index is 96.6. The van der Waals surface area contributed by atoms with E-state index in [1.807, 2.05) is 0 Å². The van der Waals surface area contributed by atoms with Crippen LogP contribution in [0.15, 0.2) is 0 Å². The minimum atomic E-state index is -0.234. The maximum Gasteiger partial charge on any atom is 0.222 e. The molecule has 0 aromatic carbocycles. The molecule has 0 saturated carbocycles. The van der Waals surface area contributed by atoms with Crippen molar-refractivity contribution in [3.8, 4) is 0 Å². The number of carbonyl (C=O) groups is 1. The number of rotatable bonds is 1. The minimum Gasteiger partial charge on any atom is -0.381 e. The molecule has 3 nitrogen and oxygen atoms in total. The molecule has 0 aliphatic carbocycles. The van der Waals surface area contributed by atoms with E-state index in [9.17, 15) is 4.79 Å². The summed E-state index contributed by atoms with van der Waals surface area (Å²) in [5.74, 6) is -0.252. The van der Waals surface area contributed by atoms with Gasteiger partial charge in [0.2, 0.25) is 5.91 Å². The van der Waals surface area contributed by atoms with Crippen LogP contribution in [0.4, 0.5) is 0 Å². The van der Waals surface area contributed by atoms with Crippen LogP contribution in [-0.2, 0) is 9.53 Å². The predicted octanol–water partition coefficient (Wildman–Crippen LogP) is -0.492. The standard InChI is InChI=1S/C5H9NO2/c6-5(7)4-1-2-8-3-4/h4H,1-3H2,(H2,6,7)/t4-/m1/s1. The number of hydrogen-bond acceptors (Lipinski definition) is 2. The van der Waals surface area contributed by atoms with E-state index in [0.29, 0.717) is 13.2 Å². The molecule has 2 N–H and O–H groups in total. The summed E-state index contributed by atoms with van der Waals surface area (Å²) in [6.07, 6.45) is 0.801. The van der Waals surface area contributed by atoms with Crippen molar-refractivity contribution in [1.82, 2.24) is 0 Å². The third kappa shape index (κ3) is 0.980. The number of amides is 1. The van der Waals surface area contributed by atoms with E-state index in [2.05, 4.69) is 0 Å². The molecule has 1 rings (SSSR count). The molecular formula is C5H9NO2. The van der Waals surface area contributed by atoms with Crippen LogP contribution in [-0.4, -0.2) is 19.1 Å². The summed E-state index contributed by atoms with van der Waals surface area (Å²) < 4.78 is 4.92. The van der Waals surface area contributed by atoms with Gasteiger partial charge in [0.05, 0.1) is 12.5 Å². The highest BCUT2D eigenvalue weighted by molar-refractivity contribution is 5.76. The molecular weight excluding hydrogens is 106 g/mol. The van der Waals surface area contributed by atoms with E-state index in [1.165, 1.54) is 0 Å². The normalized spacial score (nSPS) is 28.2. The van der Waals surface area contributed by atoms with Gasteiger partial charge in [-0.05, 0) is 6.42 Å². The Labute approximate surface area is 47.8 Å². The summed E-state index contributed by atoms with van der Waals surface area (Å²) >= 11 is 0. The van der Waals surface area contributed by atoms with Crippen LogP contribution >= 0.6 is 0 Å². The minimum absolute atomic E-state index is 0.0185. The Morgan fingerprint density at radius 1 is 1.75 bits per heavy atom. The molecule has 0 aromatic rings. The van der Waals surface area contributed by atoms with Gasteiger partial charge >= 0.3 is 0 Å². The van der Waals surface area contributed by atoms with Gasteiger partial charge in [-0.25, -0.2) is 0 Å². The molecule has 1 amide bonds. The van der Waals surface area contributed by atoms with E-state index in [1.54, 1.807) is 0 Å².